The fourth-order valence-electron chi connectivity index (χ4n) is 1.86. The van der Waals surface area contributed by atoms with Crippen LogP contribution in [-0.2, 0) is 4.79 Å². The van der Waals surface area contributed by atoms with Crippen LogP contribution in [0.5, 0.6) is 5.75 Å². The number of benzene rings is 1. The Hall–Kier alpha value is -0.960. The second-order valence-electron chi connectivity index (χ2n) is 4.31. The Balaban J connectivity index is 2.25. The highest BCUT2D eigenvalue weighted by Gasteiger charge is 2.43. The lowest BCUT2D eigenvalue weighted by molar-refractivity contribution is -0.143. The van der Waals surface area contributed by atoms with Crippen molar-refractivity contribution in [2.75, 3.05) is 11.5 Å². The molecule has 0 aromatic heterocycles. The first-order valence-electron chi connectivity index (χ1n) is 5.57. The van der Waals surface area contributed by atoms with Gasteiger partial charge in [-0.3, -0.25) is 4.79 Å². The third kappa shape index (κ3) is 2.97. The number of amides is 1. The number of carbonyl (C=O) groups excluding carboxylic acids is 1. The molecule has 1 aliphatic rings. The number of phenolic OH excluding ortho intramolecular Hbond substituents is 1. The number of aromatic hydroxyl groups is 1. The number of carboxylic acid groups (broad SMARTS) is 1. The number of rotatable bonds is 3. The number of halogens is 1. The van der Waals surface area contributed by atoms with Crippen LogP contribution in [0, 0.1) is 3.57 Å². The fraction of sp³-hybridized carbons (Fsp3) is 0.333. The lowest BCUT2D eigenvalue weighted by atomic mass is 9.98. The molecule has 1 aromatic carbocycles. The Bertz CT molecular complexity index is 528. The van der Waals surface area contributed by atoms with E-state index >= 15 is 0 Å². The first kappa shape index (κ1) is 14.4. The van der Waals surface area contributed by atoms with Gasteiger partial charge in [0.15, 0.2) is 0 Å². The summed E-state index contributed by atoms with van der Waals surface area (Å²) in [6, 6.07) is 4.63. The maximum Gasteiger partial charge on any atom is 0.330 e. The highest BCUT2D eigenvalue weighted by atomic mass is 127. The lowest BCUT2D eigenvalue weighted by Gasteiger charge is -2.24. The van der Waals surface area contributed by atoms with Crippen molar-refractivity contribution in [1.82, 2.24) is 5.32 Å². The SMILES string of the molecule is O=C(NC1(C(=O)O)CCSC1)c1cc(I)ccc1O. The average Bonchev–Trinajstić information content (AvgIpc) is 2.82. The summed E-state index contributed by atoms with van der Waals surface area (Å²) in [5.74, 6) is -0.690. The zero-order valence-electron chi connectivity index (χ0n) is 9.85. The van der Waals surface area contributed by atoms with Gasteiger partial charge >= 0.3 is 5.97 Å². The summed E-state index contributed by atoms with van der Waals surface area (Å²) < 4.78 is 0.797. The number of phenols is 1. The van der Waals surface area contributed by atoms with E-state index in [1.807, 2.05) is 22.6 Å². The van der Waals surface area contributed by atoms with Gasteiger partial charge in [0.25, 0.3) is 5.91 Å². The molecule has 0 aliphatic carbocycles. The molecule has 1 aromatic rings. The molecule has 1 amide bonds. The monoisotopic (exact) mass is 393 g/mol. The summed E-state index contributed by atoms with van der Waals surface area (Å²) in [7, 11) is 0. The van der Waals surface area contributed by atoms with Gasteiger partial charge in [-0.25, -0.2) is 4.79 Å². The number of thioether (sulfide) groups is 1. The Morgan fingerprint density at radius 1 is 1.42 bits per heavy atom. The number of carboxylic acids is 1. The molecule has 1 aliphatic heterocycles. The Morgan fingerprint density at radius 3 is 2.74 bits per heavy atom. The summed E-state index contributed by atoms with van der Waals surface area (Å²) in [4.78, 5) is 23.5. The van der Waals surface area contributed by atoms with E-state index in [1.54, 1.807) is 6.07 Å². The molecule has 1 saturated heterocycles. The second-order valence-corrected chi connectivity index (χ2v) is 6.66. The van der Waals surface area contributed by atoms with Crippen LogP contribution >= 0.6 is 34.4 Å². The minimum atomic E-state index is -1.23. The topological polar surface area (TPSA) is 86.6 Å². The van der Waals surface area contributed by atoms with Crippen molar-refractivity contribution in [1.29, 1.82) is 0 Å². The minimum absolute atomic E-state index is 0.101. The van der Waals surface area contributed by atoms with Crippen molar-refractivity contribution in [2.24, 2.45) is 0 Å². The van der Waals surface area contributed by atoms with Crippen molar-refractivity contribution in [3.05, 3.63) is 27.3 Å². The Kier molecular flexibility index (Phi) is 4.24. The number of carbonyl (C=O) groups is 2. The van der Waals surface area contributed by atoms with Gasteiger partial charge in [-0.05, 0) is 53.0 Å². The largest absolute Gasteiger partial charge is 0.507 e. The van der Waals surface area contributed by atoms with E-state index in [0.29, 0.717) is 17.9 Å². The Morgan fingerprint density at radius 2 is 2.16 bits per heavy atom. The highest BCUT2D eigenvalue weighted by molar-refractivity contribution is 14.1. The van der Waals surface area contributed by atoms with Crippen LogP contribution in [0.3, 0.4) is 0 Å². The van der Waals surface area contributed by atoms with Gasteiger partial charge in [-0.1, -0.05) is 0 Å². The van der Waals surface area contributed by atoms with Crippen LogP contribution in [0.25, 0.3) is 0 Å². The van der Waals surface area contributed by atoms with Gasteiger partial charge in [0, 0.05) is 9.32 Å². The van der Waals surface area contributed by atoms with Crippen molar-refractivity contribution in [3.8, 4) is 5.75 Å². The van der Waals surface area contributed by atoms with Crippen molar-refractivity contribution in [3.63, 3.8) is 0 Å². The van der Waals surface area contributed by atoms with Gasteiger partial charge in [0.05, 0.1) is 5.56 Å². The predicted octanol–water partition coefficient (Wildman–Crippen LogP) is 1.69. The molecular formula is C12H12INO4S. The van der Waals surface area contributed by atoms with E-state index in [9.17, 15) is 19.8 Å². The molecule has 1 heterocycles. The molecule has 102 valence electrons. The van der Waals surface area contributed by atoms with Crippen molar-refractivity contribution in [2.45, 2.75) is 12.0 Å². The summed E-state index contributed by atoms with van der Waals surface area (Å²) >= 11 is 3.52. The maximum absolute atomic E-state index is 12.1. The third-order valence-electron chi connectivity index (χ3n) is 2.99. The smallest absolute Gasteiger partial charge is 0.330 e. The van der Waals surface area contributed by atoms with Gasteiger partial charge in [-0.15, -0.1) is 0 Å². The molecule has 7 heteroatoms. The molecule has 1 unspecified atom stereocenters. The van der Waals surface area contributed by atoms with E-state index in [0.717, 1.165) is 3.57 Å². The van der Waals surface area contributed by atoms with Crippen LogP contribution in [0.15, 0.2) is 18.2 Å². The number of aliphatic carboxylic acids is 1. The molecule has 2 rings (SSSR count). The summed E-state index contributed by atoms with van der Waals surface area (Å²) in [5, 5.41) is 21.5. The molecule has 1 fully saturated rings. The van der Waals surface area contributed by atoms with E-state index in [1.165, 1.54) is 23.9 Å². The lowest BCUT2D eigenvalue weighted by Crippen LogP contribution is -2.54. The zero-order valence-corrected chi connectivity index (χ0v) is 12.8. The van der Waals surface area contributed by atoms with Crippen molar-refractivity contribution >= 4 is 46.2 Å². The molecule has 0 bridgehead atoms. The number of hydrogen-bond acceptors (Lipinski definition) is 4. The molecule has 0 spiro atoms. The minimum Gasteiger partial charge on any atom is -0.507 e. The normalized spacial score (nSPS) is 22.2. The summed E-state index contributed by atoms with van der Waals surface area (Å²) in [6.45, 7) is 0. The Labute approximate surface area is 127 Å². The summed E-state index contributed by atoms with van der Waals surface area (Å²) in [5.41, 5.74) is -1.13. The standard InChI is InChI=1S/C12H12INO4S/c13-7-1-2-9(15)8(5-7)10(16)14-12(11(17)18)3-4-19-6-12/h1-2,5,15H,3-4,6H2,(H,14,16)(H,17,18). The molecule has 19 heavy (non-hydrogen) atoms. The van der Waals surface area contributed by atoms with Gasteiger partial charge in [-0.2, -0.15) is 11.8 Å². The zero-order chi connectivity index (χ0) is 14.0. The van der Waals surface area contributed by atoms with E-state index < -0.39 is 17.4 Å². The van der Waals surface area contributed by atoms with Gasteiger partial charge in [0.2, 0.25) is 0 Å². The van der Waals surface area contributed by atoms with Crippen molar-refractivity contribution < 1.29 is 19.8 Å². The average molecular weight is 393 g/mol. The molecule has 0 radical (unpaired) electrons. The molecule has 0 saturated carbocycles. The maximum atomic E-state index is 12.1. The first-order chi connectivity index (χ1) is 8.94. The molecule has 5 nitrogen and oxygen atoms in total. The van der Waals surface area contributed by atoms with Gasteiger partial charge in [0.1, 0.15) is 11.3 Å². The predicted molar refractivity (Wildman–Crippen MR) is 80.6 cm³/mol. The molecular weight excluding hydrogens is 381 g/mol. The summed E-state index contributed by atoms with van der Waals surface area (Å²) in [6.07, 6.45) is 0.392. The van der Waals surface area contributed by atoms with Gasteiger partial charge < -0.3 is 15.5 Å². The van der Waals surface area contributed by atoms with Crippen LogP contribution in [0.2, 0.25) is 0 Å². The first-order valence-corrected chi connectivity index (χ1v) is 7.80. The fourth-order valence-corrected chi connectivity index (χ4v) is 3.68. The quantitative estimate of drug-likeness (QED) is 0.681. The number of nitrogens with one attached hydrogen (secondary N) is 1. The molecule has 3 N–H and O–H groups in total. The van der Waals surface area contributed by atoms with Crippen LogP contribution in [0.1, 0.15) is 16.8 Å². The van der Waals surface area contributed by atoms with E-state index in [2.05, 4.69) is 5.32 Å². The van der Waals surface area contributed by atoms with E-state index in [-0.39, 0.29) is 11.3 Å². The van der Waals surface area contributed by atoms with Crippen LogP contribution in [0.4, 0.5) is 0 Å². The second kappa shape index (κ2) is 5.58. The van der Waals surface area contributed by atoms with Crippen LogP contribution in [-0.4, -0.2) is 39.1 Å². The van der Waals surface area contributed by atoms with E-state index in [4.69, 9.17) is 0 Å². The number of hydrogen-bond donors (Lipinski definition) is 3. The van der Waals surface area contributed by atoms with Crippen LogP contribution < -0.4 is 5.32 Å². The third-order valence-corrected chi connectivity index (χ3v) is 4.85. The highest BCUT2D eigenvalue weighted by Crippen LogP contribution is 2.29. The molecule has 1 atom stereocenters.